The van der Waals surface area contributed by atoms with Crippen LogP contribution >= 0.6 is 15.9 Å². The van der Waals surface area contributed by atoms with Crippen LogP contribution in [0.2, 0.25) is 0 Å². The zero-order valence-corrected chi connectivity index (χ0v) is 22.6. The molecule has 1 aromatic heterocycles. The van der Waals surface area contributed by atoms with Crippen LogP contribution in [0.25, 0.3) is 0 Å². The minimum Gasteiger partial charge on any atom is -0.448 e. The van der Waals surface area contributed by atoms with Gasteiger partial charge in [-0.1, -0.05) is 0 Å². The predicted molar refractivity (Wildman–Crippen MR) is 137 cm³/mol. The van der Waals surface area contributed by atoms with Crippen LogP contribution in [-0.4, -0.2) is 54.9 Å². The molecular weight excluding hydrogens is 514 g/mol. The fourth-order valence-electron chi connectivity index (χ4n) is 5.01. The highest BCUT2D eigenvalue weighted by Crippen LogP contribution is 2.51. The van der Waals surface area contributed by atoms with Crippen LogP contribution in [0, 0.1) is 26.7 Å². The van der Waals surface area contributed by atoms with E-state index in [2.05, 4.69) is 31.1 Å². The summed E-state index contributed by atoms with van der Waals surface area (Å²) in [5.41, 5.74) is 3.21. The number of H-pyrrole nitrogens is 1. The first-order chi connectivity index (χ1) is 16.6. The number of benzene rings is 1. The van der Waals surface area contributed by atoms with E-state index < -0.39 is 5.79 Å². The summed E-state index contributed by atoms with van der Waals surface area (Å²) in [6.07, 6.45) is 1.92. The third-order valence-electron chi connectivity index (χ3n) is 7.15. The van der Waals surface area contributed by atoms with Crippen molar-refractivity contribution in [3.05, 3.63) is 54.9 Å². The average molecular weight is 548 g/mol. The van der Waals surface area contributed by atoms with E-state index in [0.29, 0.717) is 27.1 Å². The molecule has 2 aromatic rings. The summed E-state index contributed by atoms with van der Waals surface area (Å²) in [5.74, 6) is 0.402. The monoisotopic (exact) mass is 547 g/mol. The number of nitrogens with zero attached hydrogens (tertiary/aromatic N) is 1. The molecule has 3 heterocycles. The molecule has 0 unspecified atom stereocenters. The number of hydrogen-bond donors (Lipinski definition) is 2. The standard InChI is InChI=1S/C26H34BrN3O5/c1-15-12-16(2)29-25(32)20(15)14-28-24(31)19-13-21(27)23-22(17(19)3)34-26(4,35-23)18-6-8-30(9-7-18)10-11-33-5/h12-13,18H,6-11,14H2,1-5H3,(H,28,31)(H,29,32)/t26-/m1/s1. The Kier molecular flexibility index (Phi) is 7.59. The third-order valence-corrected chi connectivity index (χ3v) is 7.74. The number of nitrogens with one attached hydrogen (secondary N) is 2. The summed E-state index contributed by atoms with van der Waals surface area (Å²) in [4.78, 5) is 30.6. The number of carbonyl (C=O) groups excluding carboxylic acids is 1. The summed E-state index contributed by atoms with van der Waals surface area (Å²) >= 11 is 3.58. The maximum absolute atomic E-state index is 13.1. The molecule has 2 aliphatic heterocycles. The Labute approximate surface area is 214 Å². The molecule has 0 aliphatic carbocycles. The fourth-order valence-corrected chi connectivity index (χ4v) is 5.50. The van der Waals surface area contributed by atoms with Gasteiger partial charge in [-0.2, -0.15) is 0 Å². The molecule has 35 heavy (non-hydrogen) atoms. The van der Waals surface area contributed by atoms with Gasteiger partial charge in [-0.3, -0.25) is 9.59 Å². The molecule has 1 amide bonds. The van der Waals surface area contributed by atoms with Crippen molar-refractivity contribution in [1.82, 2.24) is 15.2 Å². The molecule has 1 atom stereocenters. The van der Waals surface area contributed by atoms with Gasteiger partial charge in [-0.15, -0.1) is 0 Å². The van der Waals surface area contributed by atoms with Crippen molar-refractivity contribution in [2.45, 2.75) is 52.9 Å². The van der Waals surface area contributed by atoms with Crippen molar-refractivity contribution in [3.63, 3.8) is 0 Å². The number of aryl methyl sites for hydroxylation is 2. The van der Waals surface area contributed by atoms with Crippen molar-refractivity contribution in [3.8, 4) is 11.5 Å². The molecule has 4 rings (SSSR count). The lowest BCUT2D eigenvalue weighted by Gasteiger charge is -2.38. The number of fused-ring (bicyclic) bond motifs is 1. The maximum Gasteiger partial charge on any atom is 0.253 e. The number of halogens is 1. The van der Waals surface area contributed by atoms with Crippen molar-refractivity contribution in [2.24, 2.45) is 5.92 Å². The number of hydrogen-bond acceptors (Lipinski definition) is 6. The van der Waals surface area contributed by atoms with Gasteiger partial charge in [0.05, 0.1) is 11.1 Å². The maximum atomic E-state index is 13.1. The number of rotatable bonds is 7. The molecule has 8 nitrogen and oxygen atoms in total. The number of aromatic nitrogens is 1. The van der Waals surface area contributed by atoms with Crippen LogP contribution in [0.1, 0.15) is 52.5 Å². The summed E-state index contributed by atoms with van der Waals surface area (Å²) in [7, 11) is 1.73. The number of likely N-dealkylation sites (tertiary alicyclic amines) is 1. The van der Waals surface area contributed by atoms with Crippen LogP contribution < -0.4 is 20.3 Å². The normalized spacial score (nSPS) is 20.3. The fraction of sp³-hybridized carbons (Fsp3) is 0.538. The van der Waals surface area contributed by atoms with Gasteiger partial charge < -0.3 is 29.4 Å². The molecule has 2 aliphatic rings. The highest BCUT2D eigenvalue weighted by atomic mass is 79.9. The predicted octanol–water partition coefficient (Wildman–Crippen LogP) is 3.84. The summed E-state index contributed by atoms with van der Waals surface area (Å²) < 4.78 is 18.7. The van der Waals surface area contributed by atoms with Crippen LogP contribution in [0.5, 0.6) is 11.5 Å². The second kappa shape index (κ2) is 10.3. The van der Waals surface area contributed by atoms with E-state index >= 15 is 0 Å². The second-order valence-electron chi connectivity index (χ2n) is 9.64. The quantitative estimate of drug-likeness (QED) is 0.547. The molecule has 190 valence electrons. The van der Waals surface area contributed by atoms with Crippen molar-refractivity contribution >= 4 is 21.8 Å². The van der Waals surface area contributed by atoms with Crippen molar-refractivity contribution in [2.75, 3.05) is 33.4 Å². The highest BCUT2D eigenvalue weighted by molar-refractivity contribution is 9.10. The Hall–Kier alpha value is -2.36. The first-order valence-corrected chi connectivity index (χ1v) is 12.8. The van der Waals surface area contributed by atoms with E-state index in [9.17, 15) is 9.59 Å². The van der Waals surface area contributed by atoms with Crippen LogP contribution in [0.4, 0.5) is 0 Å². The van der Waals surface area contributed by atoms with E-state index in [0.717, 1.165) is 55.9 Å². The molecular formula is C26H34BrN3O5. The zero-order valence-electron chi connectivity index (χ0n) is 21.0. The molecule has 0 radical (unpaired) electrons. The summed E-state index contributed by atoms with van der Waals surface area (Å²) in [6.45, 7) is 11.3. The van der Waals surface area contributed by atoms with Gasteiger partial charge in [0.1, 0.15) is 0 Å². The Morgan fingerprint density at radius 3 is 2.57 bits per heavy atom. The SMILES string of the molecule is COCCN1CCC([C@@]2(C)Oc3c(Br)cc(C(=O)NCc4c(C)cc(C)[nH]c4=O)c(C)c3O2)CC1. The highest BCUT2D eigenvalue weighted by Gasteiger charge is 2.47. The molecule has 1 fully saturated rings. The summed E-state index contributed by atoms with van der Waals surface area (Å²) in [5, 5.41) is 2.89. The lowest BCUT2D eigenvalue weighted by atomic mass is 9.89. The van der Waals surface area contributed by atoms with Gasteiger partial charge in [0, 0.05) is 55.4 Å². The minimum atomic E-state index is -0.787. The van der Waals surface area contributed by atoms with E-state index in [1.54, 1.807) is 13.2 Å². The molecule has 0 bridgehead atoms. The van der Waals surface area contributed by atoms with Crippen LogP contribution in [-0.2, 0) is 11.3 Å². The first-order valence-electron chi connectivity index (χ1n) is 12.0. The van der Waals surface area contributed by atoms with Crippen molar-refractivity contribution < 1.29 is 19.0 Å². The van der Waals surface area contributed by atoms with E-state index in [-0.39, 0.29) is 23.9 Å². The smallest absolute Gasteiger partial charge is 0.253 e. The van der Waals surface area contributed by atoms with E-state index in [4.69, 9.17) is 14.2 Å². The number of aromatic amines is 1. The second-order valence-corrected chi connectivity index (χ2v) is 10.5. The number of pyridine rings is 1. The minimum absolute atomic E-state index is 0.144. The van der Waals surface area contributed by atoms with Gasteiger partial charge in [-0.25, -0.2) is 0 Å². The van der Waals surface area contributed by atoms with Gasteiger partial charge >= 0.3 is 0 Å². The molecule has 9 heteroatoms. The van der Waals surface area contributed by atoms with Gasteiger partial charge in [0.15, 0.2) is 11.5 Å². The van der Waals surface area contributed by atoms with Crippen molar-refractivity contribution in [1.29, 1.82) is 0 Å². The molecule has 0 spiro atoms. The molecule has 2 N–H and O–H groups in total. The molecule has 1 saturated heterocycles. The number of ether oxygens (including phenoxy) is 3. The van der Waals surface area contributed by atoms with Gasteiger partial charge in [-0.05, 0) is 80.3 Å². The average Bonchev–Trinajstić information content (AvgIpc) is 3.19. The topological polar surface area (TPSA) is 92.9 Å². The molecule has 0 saturated carbocycles. The largest absolute Gasteiger partial charge is 0.448 e. The Morgan fingerprint density at radius 1 is 1.23 bits per heavy atom. The lowest BCUT2D eigenvalue weighted by Crippen LogP contribution is -2.49. The Balaban J connectivity index is 1.48. The van der Waals surface area contributed by atoms with Crippen LogP contribution in [0.15, 0.2) is 21.4 Å². The van der Waals surface area contributed by atoms with E-state index in [1.807, 2.05) is 33.8 Å². The van der Waals surface area contributed by atoms with Gasteiger partial charge in [0.25, 0.3) is 17.3 Å². The first kappa shape index (κ1) is 25.7. The number of carbonyl (C=O) groups is 1. The Bertz CT molecular complexity index is 1170. The summed E-state index contributed by atoms with van der Waals surface area (Å²) in [6, 6.07) is 3.66. The lowest BCUT2D eigenvalue weighted by molar-refractivity contribution is -0.125. The third kappa shape index (κ3) is 5.27. The number of piperidine rings is 1. The molecule has 1 aromatic carbocycles. The van der Waals surface area contributed by atoms with Gasteiger partial charge in [0.2, 0.25) is 0 Å². The zero-order chi connectivity index (χ0) is 25.3. The number of amides is 1. The van der Waals surface area contributed by atoms with E-state index in [1.165, 1.54) is 0 Å². The van der Waals surface area contributed by atoms with Crippen LogP contribution in [0.3, 0.4) is 0 Å². The Morgan fingerprint density at radius 2 is 1.91 bits per heavy atom. The number of methoxy groups -OCH3 is 1.